The number of aliphatic hydroxyl groups is 3. The highest BCUT2D eigenvalue weighted by molar-refractivity contribution is 7.86. The quantitative estimate of drug-likeness (QED) is 0.589. The first-order valence-corrected chi connectivity index (χ1v) is 8.35. The van der Waals surface area contributed by atoms with Crippen LogP contribution in [-0.4, -0.2) is 68.2 Å². The van der Waals surface area contributed by atoms with E-state index in [1.54, 1.807) is 12.1 Å². The average Bonchev–Trinajstić information content (AvgIpc) is 2.51. The summed E-state index contributed by atoms with van der Waals surface area (Å²) in [6, 6.07) is 6.09. The lowest BCUT2D eigenvalue weighted by Gasteiger charge is -2.39. The number of ether oxygens (including phenoxy) is 2. The number of hydrogen-bond acceptors (Lipinski definition) is 8. The van der Waals surface area contributed by atoms with Gasteiger partial charge in [-0.1, -0.05) is 17.7 Å². The Kier molecular flexibility index (Phi) is 5.74. The molecule has 1 aliphatic rings. The van der Waals surface area contributed by atoms with Gasteiger partial charge < -0.3 is 24.8 Å². The maximum atomic E-state index is 12.1. The molecular weight excluding hydrogens is 328 g/mol. The average molecular weight is 348 g/mol. The van der Waals surface area contributed by atoms with Crippen molar-refractivity contribution in [2.24, 2.45) is 0 Å². The predicted octanol–water partition coefficient (Wildman–Crippen LogP) is -0.846. The minimum atomic E-state index is -4.02. The number of methoxy groups -OCH3 is 1. The molecule has 1 aromatic carbocycles. The molecule has 5 atom stereocenters. The van der Waals surface area contributed by atoms with Gasteiger partial charge in [0.1, 0.15) is 24.4 Å². The second-order valence-electron chi connectivity index (χ2n) is 5.30. The third-order valence-corrected chi connectivity index (χ3v) is 4.92. The van der Waals surface area contributed by atoms with Crippen molar-refractivity contribution in [3.05, 3.63) is 29.8 Å². The molecule has 1 fully saturated rings. The van der Waals surface area contributed by atoms with Crippen molar-refractivity contribution in [3.8, 4) is 0 Å². The van der Waals surface area contributed by atoms with Gasteiger partial charge in [-0.05, 0) is 19.1 Å². The molecule has 0 aliphatic carbocycles. The van der Waals surface area contributed by atoms with Gasteiger partial charge in [-0.3, -0.25) is 4.18 Å². The van der Waals surface area contributed by atoms with Gasteiger partial charge in [-0.15, -0.1) is 0 Å². The van der Waals surface area contributed by atoms with Gasteiger partial charge in [0, 0.05) is 7.11 Å². The van der Waals surface area contributed by atoms with Crippen LogP contribution >= 0.6 is 0 Å². The Bertz CT molecular complexity index is 614. The minimum absolute atomic E-state index is 0.0194. The van der Waals surface area contributed by atoms with Gasteiger partial charge in [0.15, 0.2) is 6.29 Å². The fourth-order valence-electron chi connectivity index (χ4n) is 2.27. The van der Waals surface area contributed by atoms with Crippen molar-refractivity contribution in [2.75, 3.05) is 13.7 Å². The molecular formula is C14H20O8S. The molecule has 0 bridgehead atoms. The van der Waals surface area contributed by atoms with Crippen molar-refractivity contribution in [1.82, 2.24) is 0 Å². The molecule has 0 aromatic heterocycles. The van der Waals surface area contributed by atoms with E-state index in [-0.39, 0.29) is 4.90 Å². The van der Waals surface area contributed by atoms with Crippen LogP contribution in [0.2, 0.25) is 0 Å². The van der Waals surface area contributed by atoms with Gasteiger partial charge in [0.2, 0.25) is 0 Å². The van der Waals surface area contributed by atoms with Gasteiger partial charge in [-0.25, -0.2) is 0 Å². The normalized spacial score (nSPS) is 32.0. The molecule has 1 saturated heterocycles. The molecule has 9 heteroatoms. The van der Waals surface area contributed by atoms with E-state index < -0.39 is 47.4 Å². The number of benzene rings is 1. The van der Waals surface area contributed by atoms with Crippen LogP contribution in [0.1, 0.15) is 5.56 Å². The Labute approximate surface area is 134 Å². The topological polar surface area (TPSA) is 123 Å². The Morgan fingerprint density at radius 2 is 1.74 bits per heavy atom. The van der Waals surface area contributed by atoms with Crippen LogP contribution < -0.4 is 0 Å². The molecule has 0 amide bonds. The van der Waals surface area contributed by atoms with E-state index in [1.807, 2.05) is 6.92 Å². The van der Waals surface area contributed by atoms with Crippen molar-refractivity contribution in [2.45, 2.75) is 42.5 Å². The third-order valence-electron chi connectivity index (χ3n) is 3.63. The molecule has 0 spiro atoms. The van der Waals surface area contributed by atoms with Crippen molar-refractivity contribution < 1.29 is 37.4 Å². The highest BCUT2D eigenvalue weighted by Gasteiger charge is 2.44. The standard InChI is InChI=1S/C14H20O8S/c1-8-3-5-9(6-4-8)23(18,19)21-7-10-13(20-2)11(15)12(16)14(17)22-10/h3-6,10-17H,7H2,1-2H3. The molecule has 0 radical (unpaired) electrons. The summed E-state index contributed by atoms with van der Waals surface area (Å²) in [5.41, 5.74) is 0.902. The van der Waals surface area contributed by atoms with E-state index in [0.717, 1.165) is 5.56 Å². The SMILES string of the molecule is COC1C(COS(=O)(=O)c2ccc(C)cc2)OC(O)C(O)C1O. The van der Waals surface area contributed by atoms with E-state index in [9.17, 15) is 23.7 Å². The number of aliphatic hydroxyl groups excluding tert-OH is 3. The van der Waals surface area contributed by atoms with Gasteiger partial charge in [-0.2, -0.15) is 8.42 Å². The summed E-state index contributed by atoms with van der Waals surface area (Å²) in [5.74, 6) is 0. The second kappa shape index (κ2) is 7.22. The van der Waals surface area contributed by atoms with Crippen LogP contribution in [0.15, 0.2) is 29.2 Å². The van der Waals surface area contributed by atoms with Gasteiger partial charge in [0.05, 0.1) is 11.5 Å². The van der Waals surface area contributed by atoms with E-state index in [1.165, 1.54) is 19.2 Å². The first kappa shape index (κ1) is 18.3. The molecule has 1 aliphatic heterocycles. The minimum Gasteiger partial charge on any atom is -0.387 e. The fraction of sp³-hybridized carbons (Fsp3) is 0.571. The number of rotatable bonds is 5. The summed E-state index contributed by atoms with van der Waals surface area (Å²) < 4.78 is 39.2. The second-order valence-corrected chi connectivity index (χ2v) is 6.91. The van der Waals surface area contributed by atoms with Crippen LogP contribution in [0.25, 0.3) is 0 Å². The van der Waals surface area contributed by atoms with Crippen LogP contribution in [0.5, 0.6) is 0 Å². The number of hydrogen-bond donors (Lipinski definition) is 3. The molecule has 23 heavy (non-hydrogen) atoms. The molecule has 1 heterocycles. The molecule has 8 nitrogen and oxygen atoms in total. The Morgan fingerprint density at radius 3 is 2.30 bits per heavy atom. The van der Waals surface area contributed by atoms with Crippen molar-refractivity contribution in [3.63, 3.8) is 0 Å². The first-order valence-electron chi connectivity index (χ1n) is 6.95. The highest BCUT2D eigenvalue weighted by atomic mass is 32.2. The maximum Gasteiger partial charge on any atom is 0.297 e. The highest BCUT2D eigenvalue weighted by Crippen LogP contribution is 2.23. The lowest BCUT2D eigenvalue weighted by molar-refractivity contribution is -0.289. The summed E-state index contributed by atoms with van der Waals surface area (Å²) >= 11 is 0. The summed E-state index contributed by atoms with van der Waals surface area (Å²) in [6.45, 7) is 1.35. The van der Waals surface area contributed by atoms with Crippen LogP contribution in [0, 0.1) is 6.92 Å². The Balaban J connectivity index is 2.07. The van der Waals surface area contributed by atoms with Gasteiger partial charge in [0.25, 0.3) is 10.1 Å². The Hall–Kier alpha value is -1.07. The predicted molar refractivity (Wildman–Crippen MR) is 78.0 cm³/mol. The lowest BCUT2D eigenvalue weighted by Crippen LogP contribution is -2.59. The maximum absolute atomic E-state index is 12.1. The summed E-state index contributed by atoms with van der Waals surface area (Å²) in [6.07, 6.45) is -6.74. The van der Waals surface area contributed by atoms with Gasteiger partial charge >= 0.3 is 0 Å². The zero-order chi connectivity index (χ0) is 17.2. The third kappa shape index (κ3) is 4.07. The first-order chi connectivity index (χ1) is 10.8. The molecule has 2 rings (SSSR count). The van der Waals surface area contributed by atoms with Crippen LogP contribution in [0.4, 0.5) is 0 Å². The van der Waals surface area contributed by atoms with E-state index in [0.29, 0.717) is 0 Å². The monoisotopic (exact) mass is 348 g/mol. The van der Waals surface area contributed by atoms with Crippen LogP contribution in [-0.2, 0) is 23.8 Å². The molecule has 0 saturated carbocycles. The molecule has 3 N–H and O–H groups in total. The van der Waals surface area contributed by atoms with Crippen molar-refractivity contribution in [1.29, 1.82) is 0 Å². The molecule has 130 valence electrons. The summed E-state index contributed by atoms with van der Waals surface area (Å²) in [4.78, 5) is -0.0194. The molecule has 1 aromatic rings. The van der Waals surface area contributed by atoms with Crippen LogP contribution in [0.3, 0.4) is 0 Å². The van der Waals surface area contributed by atoms with E-state index in [2.05, 4.69) is 0 Å². The smallest absolute Gasteiger partial charge is 0.297 e. The van der Waals surface area contributed by atoms with Crippen molar-refractivity contribution >= 4 is 10.1 Å². The lowest BCUT2D eigenvalue weighted by atomic mass is 9.99. The van der Waals surface area contributed by atoms with E-state index >= 15 is 0 Å². The molecule has 5 unspecified atom stereocenters. The fourth-order valence-corrected chi connectivity index (χ4v) is 3.19. The summed E-state index contributed by atoms with van der Waals surface area (Å²) in [5, 5.41) is 28.9. The largest absolute Gasteiger partial charge is 0.387 e. The zero-order valence-corrected chi connectivity index (χ0v) is 13.5. The van der Waals surface area contributed by atoms with E-state index in [4.69, 9.17) is 13.7 Å². The summed E-state index contributed by atoms with van der Waals surface area (Å²) in [7, 11) is -2.75. The number of aryl methyl sites for hydroxylation is 1. The zero-order valence-electron chi connectivity index (χ0n) is 12.7. The Morgan fingerprint density at radius 1 is 1.13 bits per heavy atom.